The van der Waals surface area contributed by atoms with Crippen LogP contribution in [-0.2, 0) is 0 Å². The molecule has 0 unspecified atom stereocenters. The molecule has 0 fully saturated rings. The molecule has 0 bridgehead atoms. The van der Waals surface area contributed by atoms with E-state index in [0.717, 1.165) is 0 Å². The molecule has 1 rings (SSSR count). The summed E-state index contributed by atoms with van der Waals surface area (Å²) in [6.07, 6.45) is 0. The number of nitrogens with one attached hydrogen (secondary N) is 1. The molecule has 5 nitrogen and oxygen atoms in total. The van der Waals surface area contributed by atoms with Crippen LogP contribution in [0.25, 0.3) is 0 Å². The molecular weight excluding hydrogens is 182 g/mol. The van der Waals surface area contributed by atoms with Gasteiger partial charge < -0.3 is 10.4 Å². The fourth-order valence-electron chi connectivity index (χ4n) is 0.962. The third-order valence-electron chi connectivity index (χ3n) is 1.74. The van der Waals surface area contributed by atoms with Gasteiger partial charge in [0.15, 0.2) is 5.69 Å². The maximum atomic E-state index is 10.7. The summed E-state index contributed by atoms with van der Waals surface area (Å²) in [7, 11) is 1.69. The molecule has 0 atom stereocenters. The minimum absolute atomic E-state index is 0.0213. The lowest BCUT2D eigenvalue weighted by molar-refractivity contribution is 0.0690. The van der Waals surface area contributed by atoms with Crippen molar-refractivity contribution in [2.45, 2.75) is 19.8 Å². The third kappa shape index (κ3) is 2.18. The second-order valence-electron chi connectivity index (χ2n) is 3.21. The summed E-state index contributed by atoms with van der Waals surface area (Å²) in [4.78, 5) is 18.8. The SMILES string of the molecule is CNc1cc(C(=O)O)nc(C(C)C)n1. The minimum Gasteiger partial charge on any atom is -0.477 e. The largest absolute Gasteiger partial charge is 0.477 e. The molecule has 0 aliphatic heterocycles. The first kappa shape index (κ1) is 10.4. The Hall–Kier alpha value is -1.65. The molecule has 0 aliphatic rings. The van der Waals surface area contributed by atoms with Crippen LogP contribution >= 0.6 is 0 Å². The Morgan fingerprint density at radius 1 is 1.50 bits per heavy atom. The summed E-state index contributed by atoms with van der Waals surface area (Å²) < 4.78 is 0. The van der Waals surface area contributed by atoms with Crippen LogP contribution in [0.4, 0.5) is 5.82 Å². The van der Waals surface area contributed by atoms with Crippen molar-refractivity contribution in [3.63, 3.8) is 0 Å². The van der Waals surface area contributed by atoms with Gasteiger partial charge in [-0.05, 0) is 0 Å². The van der Waals surface area contributed by atoms with E-state index in [1.54, 1.807) is 7.05 Å². The number of hydrogen-bond acceptors (Lipinski definition) is 4. The van der Waals surface area contributed by atoms with Gasteiger partial charge in [-0.1, -0.05) is 13.8 Å². The van der Waals surface area contributed by atoms with Crippen molar-refractivity contribution in [1.82, 2.24) is 9.97 Å². The lowest BCUT2D eigenvalue weighted by Crippen LogP contribution is -2.08. The van der Waals surface area contributed by atoms with Crippen LogP contribution in [-0.4, -0.2) is 28.1 Å². The fourth-order valence-corrected chi connectivity index (χ4v) is 0.962. The molecule has 0 spiro atoms. The number of aromatic carboxylic acids is 1. The number of aromatic nitrogens is 2. The number of anilines is 1. The maximum absolute atomic E-state index is 10.7. The quantitative estimate of drug-likeness (QED) is 0.761. The Balaban J connectivity index is 3.20. The molecule has 14 heavy (non-hydrogen) atoms. The van der Waals surface area contributed by atoms with Crippen LogP contribution in [0.5, 0.6) is 0 Å². The van der Waals surface area contributed by atoms with Gasteiger partial charge in [-0.15, -0.1) is 0 Å². The molecule has 0 aromatic carbocycles. The molecule has 1 aromatic heterocycles. The standard InChI is InChI=1S/C9H13N3O2/c1-5(2)8-11-6(9(13)14)4-7(10-3)12-8/h4-5H,1-3H3,(H,13,14)(H,10,11,12). The second kappa shape index (κ2) is 4.04. The Labute approximate surface area is 82.2 Å². The lowest BCUT2D eigenvalue weighted by Gasteiger charge is -2.07. The zero-order chi connectivity index (χ0) is 10.7. The monoisotopic (exact) mass is 195 g/mol. The molecule has 0 saturated heterocycles. The highest BCUT2D eigenvalue weighted by Crippen LogP contribution is 2.13. The maximum Gasteiger partial charge on any atom is 0.354 e. The molecule has 5 heteroatoms. The summed E-state index contributed by atoms with van der Waals surface area (Å²) in [5, 5.41) is 11.6. The molecule has 2 N–H and O–H groups in total. The molecule has 0 radical (unpaired) electrons. The summed E-state index contributed by atoms with van der Waals surface area (Å²) in [6, 6.07) is 1.41. The van der Waals surface area contributed by atoms with E-state index in [4.69, 9.17) is 5.11 Å². The van der Waals surface area contributed by atoms with Crippen molar-refractivity contribution in [3.05, 3.63) is 17.6 Å². The van der Waals surface area contributed by atoms with Gasteiger partial charge in [0.1, 0.15) is 11.6 Å². The average Bonchev–Trinajstić information content (AvgIpc) is 2.16. The Morgan fingerprint density at radius 3 is 2.57 bits per heavy atom. The normalized spacial score (nSPS) is 10.3. The number of carboxylic acids is 1. The molecule has 1 aromatic rings. The number of rotatable bonds is 3. The molecule has 0 aliphatic carbocycles. The van der Waals surface area contributed by atoms with E-state index in [2.05, 4.69) is 15.3 Å². The molecule has 1 heterocycles. The van der Waals surface area contributed by atoms with Crippen molar-refractivity contribution >= 4 is 11.8 Å². The highest BCUT2D eigenvalue weighted by molar-refractivity contribution is 5.86. The average molecular weight is 195 g/mol. The first-order valence-electron chi connectivity index (χ1n) is 4.34. The van der Waals surface area contributed by atoms with Gasteiger partial charge in [-0.2, -0.15) is 0 Å². The summed E-state index contributed by atoms with van der Waals surface area (Å²) in [5.74, 6) is 0.141. The third-order valence-corrected chi connectivity index (χ3v) is 1.74. The van der Waals surface area contributed by atoms with Gasteiger partial charge in [0.05, 0.1) is 0 Å². The highest BCUT2D eigenvalue weighted by Gasteiger charge is 2.11. The summed E-state index contributed by atoms with van der Waals surface area (Å²) in [5.41, 5.74) is 0.0213. The molecule has 0 saturated carbocycles. The van der Waals surface area contributed by atoms with Gasteiger partial charge >= 0.3 is 5.97 Å². The van der Waals surface area contributed by atoms with Crippen LogP contribution in [0, 0.1) is 0 Å². The van der Waals surface area contributed by atoms with E-state index in [0.29, 0.717) is 11.6 Å². The van der Waals surface area contributed by atoms with Crippen LogP contribution in [0.15, 0.2) is 6.07 Å². The zero-order valence-electron chi connectivity index (χ0n) is 8.40. The highest BCUT2D eigenvalue weighted by atomic mass is 16.4. The van der Waals surface area contributed by atoms with Crippen molar-refractivity contribution in [2.24, 2.45) is 0 Å². The first-order valence-corrected chi connectivity index (χ1v) is 4.34. The Morgan fingerprint density at radius 2 is 2.14 bits per heavy atom. The summed E-state index contributed by atoms with van der Waals surface area (Å²) in [6.45, 7) is 3.83. The van der Waals surface area contributed by atoms with Gasteiger partial charge in [0.25, 0.3) is 0 Å². The van der Waals surface area contributed by atoms with Crippen LogP contribution in [0.1, 0.15) is 36.1 Å². The van der Waals surface area contributed by atoms with E-state index >= 15 is 0 Å². The van der Waals surface area contributed by atoms with Crippen molar-refractivity contribution in [2.75, 3.05) is 12.4 Å². The van der Waals surface area contributed by atoms with Crippen molar-refractivity contribution < 1.29 is 9.90 Å². The van der Waals surface area contributed by atoms with E-state index in [-0.39, 0.29) is 11.6 Å². The number of carbonyl (C=O) groups is 1. The van der Waals surface area contributed by atoms with Crippen LogP contribution < -0.4 is 5.32 Å². The smallest absolute Gasteiger partial charge is 0.354 e. The van der Waals surface area contributed by atoms with Crippen LogP contribution in [0.2, 0.25) is 0 Å². The molecule has 76 valence electrons. The van der Waals surface area contributed by atoms with E-state index in [1.807, 2.05) is 13.8 Å². The van der Waals surface area contributed by atoms with E-state index in [1.165, 1.54) is 6.07 Å². The Kier molecular flexibility index (Phi) is 3.01. The molecular formula is C9H13N3O2. The van der Waals surface area contributed by atoms with Crippen molar-refractivity contribution in [1.29, 1.82) is 0 Å². The fraction of sp³-hybridized carbons (Fsp3) is 0.444. The van der Waals surface area contributed by atoms with Gasteiger partial charge in [0, 0.05) is 19.0 Å². The number of nitrogens with zero attached hydrogens (tertiary/aromatic N) is 2. The van der Waals surface area contributed by atoms with Gasteiger partial charge in [-0.25, -0.2) is 14.8 Å². The Bertz CT molecular complexity index is 350. The molecule has 0 amide bonds. The minimum atomic E-state index is -1.04. The van der Waals surface area contributed by atoms with E-state index in [9.17, 15) is 4.79 Å². The summed E-state index contributed by atoms with van der Waals surface area (Å²) >= 11 is 0. The van der Waals surface area contributed by atoms with E-state index < -0.39 is 5.97 Å². The van der Waals surface area contributed by atoms with Crippen molar-refractivity contribution in [3.8, 4) is 0 Å². The first-order chi connectivity index (χ1) is 6.54. The second-order valence-corrected chi connectivity index (χ2v) is 3.21. The van der Waals surface area contributed by atoms with Gasteiger partial charge in [-0.3, -0.25) is 0 Å². The lowest BCUT2D eigenvalue weighted by atomic mass is 10.2. The predicted octanol–water partition coefficient (Wildman–Crippen LogP) is 1.34. The number of hydrogen-bond donors (Lipinski definition) is 2. The van der Waals surface area contributed by atoms with Gasteiger partial charge in [0.2, 0.25) is 0 Å². The predicted molar refractivity (Wildman–Crippen MR) is 52.6 cm³/mol. The zero-order valence-corrected chi connectivity index (χ0v) is 8.40. The van der Waals surface area contributed by atoms with Crippen LogP contribution in [0.3, 0.4) is 0 Å². The number of carboxylic acid groups (broad SMARTS) is 1. The topological polar surface area (TPSA) is 75.1 Å².